The van der Waals surface area contributed by atoms with E-state index in [1.807, 2.05) is 22.6 Å². The molecule has 0 fully saturated rings. The molecule has 0 saturated heterocycles. The van der Waals surface area contributed by atoms with Crippen molar-refractivity contribution in [2.45, 2.75) is 6.92 Å². The van der Waals surface area contributed by atoms with Crippen LogP contribution in [0.4, 0.5) is 8.78 Å². The van der Waals surface area contributed by atoms with Crippen LogP contribution in [0.25, 0.3) is 16.7 Å². The standard InChI is InChI=1S/C14H9F2IN2S/c1-7-4-8(2-3-9(7)15)19-13-5-10(16)11(17)6-12(13)18-14(19)20/h2-6H,1H3,(H,18,20). The van der Waals surface area contributed by atoms with Crippen molar-refractivity contribution in [2.24, 2.45) is 0 Å². The van der Waals surface area contributed by atoms with Gasteiger partial charge in [0.1, 0.15) is 11.6 Å². The van der Waals surface area contributed by atoms with Crippen molar-refractivity contribution >= 4 is 45.8 Å². The summed E-state index contributed by atoms with van der Waals surface area (Å²) in [4.78, 5) is 3.04. The van der Waals surface area contributed by atoms with Crippen LogP contribution in [-0.2, 0) is 0 Å². The second kappa shape index (κ2) is 4.92. The zero-order chi connectivity index (χ0) is 14.4. The first-order valence-corrected chi connectivity index (χ1v) is 7.32. The van der Waals surface area contributed by atoms with Crippen LogP contribution < -0.4 is 0 Å². The molecule has 0 spiro atoms. The van der Waals surface area contributed by atoms with Gasteiger partial charge < -0.3 is 4.98 Å². The molecule has 0 bridgehead atoms. The number of benzene rings is 2. The van der Waals surface area contributed by atoms with Crippen molar-refractivity contribution in [3.8, 4) is 5.69 Å². The Kier molecular flexibility index (Phi) is 3.37. The molecule has 0 amide bonds. The van der Waals surface area contributed by atoms with Crippen LogP contribution in [0.2, 0.25) is 0 Å². The normalized spacial score (nSPS) is 11.2. The molecule has 6 heteroatoms. The summed E-state index contributed by atoms with van der Waals surface area (Å²) < 4.78 is 29.8. The first-order valence-electron chi connectivity index (χ1n) is 5.83. The number of aryl methyl sites for hydroxylation is 1. The summed E-state index contributed by atoms with van der Waals surface area (Å²) >= 11 is 7.22. The number of fused-ring (bicyclic) bond motifs is 1. The Morgan fingerprint density at radius 3 is 2.60 bits per heavy atom. The van der Waals surface area contributed by atoms with Gasteiger partial charge in [0.15, 0.2) is 4.77 Å². The third-order valence-corrected chi connectivity index (χ3v) is 4.24. The van der Waals surface area contributed by atoms with E-state index in [9.17, 15) is 8.78 Å². The summed E-state index contributed by atoms with van der Waals surface area (Å²) in [5.41, 5.74) is 2.62. The van der Waals surface area contributed by atoms with Crippen molar-refractivity contribution in [1.82, 2.24) is 9.55 Å². The van der Waals surface area contributed by atoms with Gasteiger partial charge in [-0.2, -0.15) is 0 Å². The van der Waals surface area contributed by atoms with E-state index in [-0.39, 0.29) is 11.6 Å². The Morgan fingerprint density at radius 2 is 1.90 bits per heavy atom. The molecule has 0 aliphatic carbocycles. The van der Waals surface area contributed by atoms with Gasteiger partial charge in [0.05, 0.1) is 14.6 Å². The maximum atomic E-state index is 13.8. The molecule has 2 aromatic carbocycles. The third-order valence-electron chi connectivity index (χ3n) is 3.12. The lowest BCUT2D eigenvalue weighted by atomic mass is 10.2. The average Bonchev–Trinajstić information content (AvgIpc) is 2.69. The largest absolute Gasteiger partial charge is 0.330 e. The molecular formula is C14H9F2IN2S. The van der Waals surface area contributed by atoms with Gasteiger partial charge in [-0.25, -0.2) is 8.78 Å². The molecule has 0 unspecified atom stereocenters. The van der Waals surface area contributed by atoms with E-state index in [4.69, 9.17) is 12.2 Å². The molecule has 102 valence electrons. The van der Waals surface area contributed by atoms with Crippen LogP contribution in [0.3, 0.4) is 0 Å². The summed E-state index contributed by atoms with van der Waals surface area (Å²) in [5, 5.41) is 0. The highest BCUT2D eigenvalue weighted by atomic mass is 127. The molecule has 3 aromatic rings. The van der Waals surface area contributed by atoms with E-state index in [0.717, 1.165) is 5.52 Å². The highest BCUT2D eigenvalue weighted by Crippen LogP contribution is 2.24. The highest BCUT2D eigenvalue weighted by Gasteiger charge is 2.11. The summed E-state index contributed by atoms with van der Waals surface area (Å²) in [6, 6.07) is 7.83. The zero-order valence-electron chi connectivity index (χ0n) is 10.4. The predicted molar refractivity (Wildman–Crippen MR) is 85.8 cm³/mol. The first-order chi connectivity index (χ1) is 9.47. The molecule has 1 aromatic heterocycles. The van der Waals surface area contributed by atoms with Crippen LogP contribution in [-0.4, -0.2) is 9.55 Å². The zero-order valence-corrected chi connectivity index (χ0v) is 13.4. The number of aromatic amines is 1. The Labute approximate surface area is 132 Å². The van der Waals surface area contributed by atoms with Crippen molar-refractivity contribution in [2.75, 3.05) is 0 Å². The molecule has 1 N–H and O–H groups in total. The van der Waals surface area contributed by atoms with E-state index >= 15 is 0 Å². The first kappa shape index (κ1) is 13.7. The Morgan fingerprint density at radius 1 is 1.15 bits per heavy atom. The Bertz CT molecular complexity index is 883. The quantitative estimate of drug-likeness (QED) is 0.455. The second-order valence-corrected chi connectivity index (χ2v) is 6.03. The molecule has 20 heavy (non-hydrogen) atoms. The SMILES string of the molecule is Cc1cc(-n2c(=S)[nH]c3cc(I)c(F)cc32)ccc1F. The molecule has 0 atom stereocenters. The monoisotopic (exact) mass is 402 g/mol. The van der Waals surface area contributed by atoms with E-state index in [1.54, 1.807) is 29.7 Å². The van der Waals surface area contributed by atoms with Crippen molar-refractivity contribution in [3.05, 3.63) is 55.9 Å². The van der Waals surface area contributed by atoms with Gasteiger partial charge >= 0.3 is 0 Å². The van der Waals surface area contributed by atoms with E-state index < -0.39 is 0 Å². The average molecular weight is 402 g/mol. The fraction of sp³-hybridized carbons (Fsp3) is 0.0714. The third kappa shape index (κ3) is 2.16. The van der Waals surface area contributed by atoms with Gasteiger partial charge in [-0.1, -0.05) is 0 Å². The van der Waals surface area contributed by atoms with E-state index in [1.165, 1.54) is 12.1 Å². The van der Waals surface area contributed by atoms with Crippen LogP contribution in [0, 0.1) is 26.9 Å². The van der Waals surface area contributed by atoms with Crippen molar-refractivity contribution < 1.29 is 8.78 Å². The van der Waals surface area contributed by atoms with Crippen LogP contribution in [0.5, 0.6) is 0 Å². The molecule has 0 aliphatic heterocycles. The molecule has 3 rings (SSSR count). The van der Waals surface area contributed by atoms with Gasteiger partial charge in [0.2, 0.25) is 0 Å². The highest BCUT2D eigenvalue weighted by molar-refractivity contribution is 14.1. The van der Waals surface area contributed by atoms with Crippen LogP contribution in [0.1, 0.15) is 5.56 Å². The number of hydrogen-bond donors (Lipinski definition) is 1. The number of halogens is 3. The number of aromatic nitrogens is 2. The van der Waals surface area contributed by atoms with E-state index in [2.05, 4.69) is 4.98 Å². The molecule has 0 aliphatic rings. The van der Waals surface area contributed by atoms with Crippen molar-refractivity contribution in [3.63, 3.8) is 0 Å². The second-order valence-electron chi connectivity index (χ2n) is 4.48. The number of nitrogens with zero attached hydrogens (tertiary/aromatic N) is 1. The minimum absolute atomic E-state index is 0.277. The van der Waals surface area contributed by atoms with Crippen LogP contribution in [0.15, 0.2) is 30.3 Å². The maximum absolute atomic E-state index is 13.8. The maximum Gasteiger partial charge on any atom is 0.182 e. The molecule has 2 nitrogen and oxygen atoms in total. The Balaban J connectivity index is 2.35. The lowest BCUT2D eigenvalue weighted by Gasteiger charge is -2.06. The number of rotatable bonds is 1. The summed E-state index contributed by atoms with van der Waals surface area (Å²) in [5.74, 6) is -0.583. The fourth-order valence-corrected chi connectivity index (χ4v) is 2.91. The number of imidazole rings is 1. The number of nitrogens with one attached hydrogen (secondary N) is 1. The molecular weight excluding hydrogens is 393 g/mol. The molecule has 0 saturated carbocycles. The van der Waals surface area contributed by atoms with Gasteiger partial charge in [0.25, 0.3) is 0 Å². The van der Waals surface area contributed by atoms with Gasteiger partial charge in [0, 0.05) is 11.8 Å². The van der Waals surface area contributed by atoms with Gasteiger partial charge in [-0.05, 0) is 71.6 Å². The lowest BCUT2D eigenvalue weighted by Crippen LogP contribution is -1.96. The van der Waals surface area contributed by atoms with Gasteiger partial charge in [-0.3, -0.25) is 4.57 Å². The van der Waals surface area contributed by atoms with Gasteiger partial charge in [-0.15, -0.1) is 0 Å². The van der Waals surface area contributed by atoms with Crippen LogP contribution >= 0.6 is 34.8 Å². The van der Waals surface area contributed by atoms with E-state index in [0.29, 0.717) is 25.1 Å². The van der Waals surface area contributed by atoms with Crippen molar-refractivity contribution in [1.29, 1.82) is 0 Å². The summed E-state index contributed by atoms with van der Waals surface area (Å²) in [6.07, 6.45) is 0. The molecule has 0 radical (unpaired) electrons. The predicted octanol–water partition coefficient (Wildman–Crippen LogP) is 4.88. The minimum atomic E-state index is -0.306. The fourth-order valence-electron chi connectivity index (χ4n) is 2.13. The summed E-state index contributed by atoms with van der Waals surface area (Å²) in [6.45, 7) is 1.68. The lowest BCUT2D eigenvalue weighted by molar-refractivity contribution is 0.617. The Hall–Kier alpha value is -1.28. The summed E-state index contributed by atoms with van der Waals surface area (Å²) in [7, 11) is 0. The number of hydrogen-bond acceptors (Lipinski definition) is 1. The minimum Gasteiger partial charge on any atom is -0.330 e. The molecule has 1 heterocycles. The smallest absolute Gasteiger partial charge is 0.182 e. The number of H-pyrrole nitrogens is 1. The topological polar surface area (TPSA) is 20.7 Å².